The molecule has 0 aliphatic rings. The van der Waals surface area contributed by atoms with E-state index < -0.39 is 5.91 Å². The molecule has 7 heteroatoms. The summed E-state index contributed by atoms with van der Waals surface area (Å²) >= 11 is 3.33. The Morgan fingerprint density at radius 1 is 1.37 bits per heavy atom. The molecule has 0 bridgehead atoms. The molecule has 0 spiro atoms. The molecule has 0 radical (unpaired) electrons. The first kappa shape index (κ1) is 15.7. The predicted octanol–water partition coefficient (Wildman–Crippen LogP) is 1.94. The molecule has 0 aliphatic heterocycles. The molecule has 0 saturated heterocycles. The van der Waals surface area contributed by atoms with Crippen LogP contribution in [0.5, 0.6) is 5.75 Å². The summed E-state index contributed by atoms with van der Waals surface area (Å²) in [6.07, 6.45) is 0.737. The fourth-order valence-electron chi connectivity index (χ4n) is 1.42. The van der Waals surface area contributed by atoms with Crippen LogP contribution in [0.3, 0.4) is 0 Å². The summed E-state index contributed by atoms with van der Waals surface area (Å²) in [6.45, 7) is 1.06. The molecule has 0 aliphatic carbocycles. The van der Waals surface area contributed by atoms with Gasteiger partial charge in [0.05, 0.1) is 13.7 Å². The first-order chi connectivity index (χ1) is 9.10. The largest absolute Gasteiger partial charge is 0.491 e. The molecule has 6 nitrogen and oxygen atoms in total. The summed E-state index contributed by atoms with van der Waals surface area (Å²) in [5.41, 5.74) is 8.92. The number of benzene rings is 1. The Labute approximate surface area is 120 Å². The van der Waals surface area contributed by atoms with Crippen molar-refractivity contribution in [2.45, 2.75) is 6.42 Å². The first-order valence-corrected chi connectivity index (χ1v) is 6.43. The SMILES string of the molecule is COCCCOc1cc(C(N)=O)cc(Br)c1NOC. The molecule has 3 N–H and O–H groups in total. The van der Waals surface area contributed by atoms with Crippen LogP contribution in [-0.4, -0.2) is 33.3 Å². The highest BCUT2D eigenvalue weighted by Crippen LogP contribution is 2.34. The second-order valence-electron chi connectivity index (χ2n) is 3.70. The summed E-state index contributed by atoms with van der Waals surface area (Å²) < 4.78 is 11.2. The van der Waals surface area contributed by atoms with Crippen molar-refractivity contribution in [2.24, 2.45) is 5.73 Å². The Balaban J connectivity index is 2.92. The van der Waals surface area contributed by atoms with E-state index in [0.717, 1.165) is 6.42 Å². The van der Waals surface area contributed by atoms with E-state index in [1.165, 1.54) is 7.11 Å². The number of methoxy groups -OCH3 is 1. The number of anilines is 1. The van der Waals surface area contributed by atoms with Gasteiger partial charge in [0.2, 0.25) is 5.91 Å². The van der Waals surface area contributed by atoms with E-state index >= 15 is 0 Å². The Morgan fingerprint density at radius 2 is 2.11 bits per heavy atom. The minimum atomic E-state index is -0.522. The van der Waals surface area contributed by atoms with Gasteiger partial charge in [-0.3, -0.25) is 15.1 Å². The van der Waals surface area contributed by atoms with E-state index in [1.807, 2.05) is 0 Å². The standard InChI is InChI=1S/C12H17BrN2O4/c1-17-4-3-5-19-10-7-8(12(14)16)6-9(13)11(10)15-18-2/h6-7,15H,3-5H2,1-2H3,(H2,14,16). The van der Waals surface area contributed by atoms with Gasteiger partial charge in [-0.05, 0) is 28.1 Å². The Morgan fingerprint density at radius 3 is 2.68 bits per heavy atom. The topological polar surface area (TPSA) is 82.8 Å². The predicted molar refractivity (Wildman–Crippen MR) is 75.3 cm³/mol. The molecule has 0 saturated carbocycles. The summed E-state index contributed by atoms with van der Waals surface area (Å²) in [6, 6.07) is 3.17. The number of hydrogen-bond donors (Lipinski definition) is 2. The second-order valence-corrected chi connectivity index (χ2v) is 4.55. The summed E-state index contributed by atoms with van der Waals surface area (Å²) in [5, 5.41) is 0. The smallest absolute Gasteiger partial charge is 0.248 e. The average Bonchev–Trinajstić information content (AvgIpc) is 2.37. The van der Waals surface area contributed by atoms with E-state index in [4.69, 9.17) is 20.0 Å². The number of carbonyl (C=O) groups is 1. The average molecular weight is 333 g/mol. The van der Waals surface area contributed by atoms with Crippen molar-refractivity contribution in [3.05, 3.63) is 22.2 Å². The fraction of sp³-hybridized carbons (Fsp3) is 0.417. The van der Waals surface area contributed by atoms with Crippen molar-refractivity contribution < 1.29 is 19.1 Å². The highest BCUT2D eigenvalue weighted by atomic mass is 79.9. The van der Waals surface area contributed by atoms with Gasteiger partial charge in [0, 0.05) is 30.2 Å². The van der Waals surface area contributed by atoms with Gasteiger partial charge >= 0.3 is 0 Å². The lowest BCUT2D eigenvalue weighted by molar-refractivity contribution is 0.0999. The molecule has 19 heavy (non-hydrogen) atoms. The van der Waals surface area contributed by atoms with Gasteiger partial charge < -0.3 is 15.2 Å². The fourth-order valence-corrected chi connectivity index (χ4v) is 1.95. The third-order valence-corrected chi connectivity index (χ3v) is 2.92. The molecular formula is C12H17BrN2O4. The molecular weight excluding hydrogens is 316 g/mol. The number of halogens is 1. The second kappa shape index (κ2) is 7.98. The van der Waals surface area contributed by atoms with Crippen LogP contribution in [0, 0.1) is 0 Å². The molecule has 0 aromatic heterocycles. The number of ether oxygens (including phenoxy) is 2. The summed E-state index contributed by atoms with van der Waals surface area (Å²) in [5.74, 6) is -0.0347. The van der Waals surface area contributed by atoms with Crippen molar-refractivity contribution in [1.29, 1.82) is 0 Å². The number of nitrogens with two attached hydrogens (primary N) is 1. The zero-order chi connectivity index (χ0) is 14.3. The van der Waals surface area contributed by atoms with Crippen molar-refractivity contribution in [3.63, 3.8) is 0 Å². The van der Waals surface area contributed by atoms with Crippen molar-refractivity contribution in [2.75, 3.05) is 32.9 Å². The minimum absolute atomic E-state index is 0.357. The van der Waals surface area contributed by atoms with Crippen molar-refractivity contribution >= 4 is 27.5 Å². The van der Waals surface area contributed by atoms with Crippen LogP contribution in [0.25, 0.3) is 0 Å². The molecule has 1 amide bonds. The lowest BCUT2D eigenvalue weighted by Gasteiger charge is -2.14. The van der Waals surface area contributed by atoms with Crippen LogP contribution in [0.1, 0.15) is 16.8 Å². The Bertz CT molecular complexity index is 440. The lowest BCUT2D eigenvalue weighted by Crippen LogP contribution is -2.12. The lowest BCUT2D eigenvalue weighted by atomic mass is 10.2. The van der Waals surface area contributed by atoms with Gasteiger partial charge in [-0.15, -0.1) is 0 Å². The van der Waals surface area contributed by atoms with Gasteiger partial charge in [0.25, 0.3) is 0 Å². The zero-order valence-corrected chi connectivity index (χ0v) is 12.5. The van der Waals surface area contributed by atoms with Crippen LogP contribution in [-0.2, 0) is 9.57 Å². The number of amides is 1. The molecule has 1 rings (SSSR count). The van der Waals surface area contributed by atoms with Crippen LogP contribution in [0.2, 0.25) is 0 Å². The van der Waals surface area contributed by atoms with Crippen LogP contribution >= 0.6 is 15.9 Å². The number of primary amides is 1. The highest BCUT2D eigenvalue weighted by molar-refractivity contribution is 9.10. The minimum Gasteiger partial charge on any atom is -0.491 e. The Kier molecular flexibility index (Phi) is 6.61. The van der Waals surface area contributed by atoms with Gasteiger partial charge in [0.1, 0.15) is 11.4 Å². The summed E-state index contributed by atoms with van der Waals surface area (Å²) in [7, 11) is 3.12. The van der Waals surface area contributed by atoms with Gasteiger partial charge in [0.15, 0.2) is 0 Å². The van der Waals surface area contributed by atoms with Crippen molar-refractivity contribution in [3.8, 4) is 5.75 Å². The molecule has 1 aromatic rings. The molecule has 106 valence electrons. The van der Waals surface area contributed by atoms with Crippen LogP contribution in [0.15, 0.2) is 16.6 Å². The van der Waals surface area contributed by atoms with Gasteiger partial charge in [-0.25, -0.2) is 0 Å². The number of rotatable bonds is 8. The third-order valence-electron chi connectivity index (χ3n) is 2.29. The maximum atomic E-state index is 11.2. The number of nitrogens with one attached hydrogen (secondary N) is 1. The maximum absolute atomic E-state index is 11.2. The molecule has 1 aromatic carbocycles. The van der Waals surface area contributed by atoms with Crippen molar-refractivity contribution in [1.82, 2.24) is 0 Å². The number of hydrogen-bond acceptors (Lipinski definition) is 5. The Hall–Kier alpha value is -1.31. The molecule has 0 unspecified atom stereocenters. The molecule has 0 heterocycles. The van der Waals surface area contributed by atoms with Crippen LogP contribution < -0.4 is 16.0 Å². The van der Waals surface area contributed by atoms with E-state index in [1.54, 1.807) is 19.2 Å². The monoisotopic (exact) mass is 332 g/mol. The van der Waals surface area contributed by atoms with E-state index in [9.17, 15) is 4.79 Å². The van der Waals surface area contributed by atoms with E-state index in [0.29, 0.717) is 34.7 Å². The van der Waals surface area contributed by atoms with E-state index in [-0.39, 0.29) is 0 Å². The van der Waals surface area contributed by atoms with Gasteiger partial charge in [-0.1, -0.05) is 0 Å². The summed E-state index contributed by atoms with van der Waals surface area (Å²) in [4.78, 5) is 16.1. The quantitative estimate of drug-likeness (QED) is 0.561. The maximum Gasteiger partial charge on any atom is 0.248 e. The zero-order valence-electron chi connectivity index (χ0n) is 10.9. The first-order valence-electron chi connectivity index (χ1n) is 5.64. The number of carbonyl (C=O) groups excluding carboxylic acids is 1. The molecule has 0 atom stereocenters. The molecule has 0 fully saturated rings. The third kappa shape index (κ3) is 4.70. The van der Waals surface area contributed by atoms with Crippen LogP contribution in [0.4, 0.5) is 5.69 Å². The van der Waals surface area contributed by atoms with E-state index in [2.05, 4.69) is 21.4 Å². The highest BCUT2D eigenvalue weighted by Gasteiger charge is 2.13. The van der Waals surface area contributed by atoms with Gasteiger partial charge in [-0.2, -0.15) is 0 Å². The normalized spacial score (nSPS) is 10.3.